The molecule has 168 valence electrons. The summed E-state index contributed by atoms with van der Waals surface area (Å²) in [5.41, 5.74) is 9.55. The van der Waals surface area contributed by atoms with E-state index >= 15 is 0 Å². The predicted molar refractivity (Wildman–Crippen MR) is 129 cm³/mol. The number of para-hydroxylation sites is 1. The van der Waals surface area contributed by atoms with E-state index in [2.05, 4.69) is 10.4 Å². The van der Waals surface area contributed by atoms with Crippen LogP contribution >= 0.6 is 11.6 Å². The molecule has 0 aliphatic carbocycles. The van der Waals surface area contributed by atoms with E-state index < -0.39 is 0 Å². The fourth-order valence-electron chi connectivity index (χ4n) is 3.65. The summed E-state index contributed by atoms with van der Waals surface area (Å²) in [7, 11) is 0. The third kappa shape index (κ3) is 5.00. The van der Waals surface area contributed by atoms with E-state index in [4.69, 9.17) is 17.3 Å². The van der Waals surface area contributed by atoms with E-state index in [1.54, 1.807) is 35.1 Å². The second kappa shape index (κ2) is 9.77. The van der Waals surface area contributed by atoms with Crippen molar-refractivity contribution in [3.05, 3.63) is 89.1 Å². The second-order valence-corrected chi connectivity index (χ2v) is 7.94. The number of halogens is 1. The standard InChI is InChI=1S/C25H23ClN4O3/c26-20-6-1-2-7-22(20)30-21(10-11-28-30)19-13-17(23(31)14-24(19)32)9-8-16-4-3-5-18(12-16)29-25(33)15-27/h1-7,10-14,31-32H,8-9,15,27H2,(H,29,33). The molecule has 7 nitrogen and oxygen atoms in total. The molecule has 0 atom stereocenters. The third-order valence-corrected chi connectivity index (χ3v) is 5.60. The number of aromatic hydroxyl groups is 2. The van der Waals surface area contributed by atoms with Crippen LogP contribution < -0.4 is 11.1 Å². The van der Waals surface area contributed by atoms with Crippen LogP contribution in [0.25, 0.3) is 16.9 Å². The summed E-state index contributed by atoms with van der Waals surface area (Å²) in [4.78, 5) is 11.5. The summed E-state index contributed by atoms with van der Waals surface area (Å²) in [5, 5.41) is 28.7. The van der Waals surface area contributed by atoms with Gasteiger partial charge < -0.3 is 21.3 Å². The van der Waals surface area contributed by atoms with Crippen molar-refractivity contribution in [1.82, 2.24) is 9.78 Å². The minimum atomic E-state index is -0.261. The molecule has 1 amide bonds. The van der Waals surface area contributed by atoms with Gasteiger partial charge in [-0.25, -0.2) is 4.68 Å². The number of nitrogens with zero attached hydrogens (tertiary/aromatic N) is 2. The molecule has 3 aromatic carbocycles. The molecule has 5 N–H and O–H groups in total. The average Bonchev–Trinajstić information content (AvgIpc) is 3.28. The fraction of sp³-hybridized carbons (Fsp3) is 0.120. The number of hydrogen-bond acceptors (Lipinski definition) is 5. The first-order valence-electron chi connectivity index (χ1n) is 10.4. The quantitative estimate of drug-likeness (QED) is 0.327. The van der Waals surface area contributed by atoms with Crippen LogP contribution in [0.3, 0.4) is 0 Å². The minimum Gasteiger partial charge on any atom is -0.508 e. The lowest BCUT2D eigenvalue weighted by Gasteiger charge is -2.13. The molecule has 0 saturated heterocycles. The number of benzene rings is 3. The highest BCUT2D eigenvalue weighted by atomic mass is 35.5. The van der Waals surface area contributed by atoms with Crippen LogP contribution in [0.15, 0.2) is 72.9 Å². The summed E-state index contributed by atoms with van der Waals surface area (Å²) >= 11 is 6.35. The first kappa shape index (κ1) is 22.4. The molecule has 8 heteroatoms. The zero-order chi connectivity index (χ0) is 23.4. The molecule has 0 unspecified atom stereocenters. The number of nitrogens with two attached hydrogens (primary N) is 1. The Kier molecular flexibility index (Phi) is 6.63. The van der Waals surface area contributed by atoms with Crippen molar-refractivity contribution in [1.29, 1.82) is 0 Å². The largest absolute Gasteiger partial charge is 0.508 e. The van der Waals surface area contributed by atoms with Crippen LogP contribution in [0.2, 0.25) is 5.02 Å². The molecule has 0 radical (unpaired) electrons. The monoisotopic (exact) mass is 462 g/mol. The molecule has 4 rings (SSSR count). The Morgan fingerprint density at radius 1 is 1.00 bits per heavy atom. The fourth-order valence-corrected chi connectivity index (χ4v) is 3.86. The maximum absolute atomic E-state index is 11.5. The van der Waals surface area contributed by atoms with Crippen LogP contribution in [0, 0.1) is 0 Å². The number of amides is 1. The van der Waals surface area contributed by atoms with Crippen molar-refractivity contribution >= 4 is 23.2 Å². The van der Waals surface area contributed by atoms with Gasteiger partial charge >= 0.3 is 0 Å². The number of nitrogens with one attached hydrogen (secondary N) is 1. The van der Waals surface area contributed by atoms with Gasteiger partial charge in [0, 0.05) is 17.3 Å². The lowest BCUT2D eigenvalue weighted by atomic mass is 9.99. The Labute approximate surface area is 196 Å². The van der Waals surface area contributed by atoms with Crippen LogP contribution in [0.5, 0.6) is 11.5 Å². The summed E-state index contributed by atoms with van der Waals surface area (Å²) in [6, 6.07) is 19.7. The summed E-state index contributed by atoms with van der Waals surface area (Å²) < 4.78 is 1.65. The van der Waals surface area contributed by atoms with Gasteiger partial charge in [-0.1, -0.05) is 35.9 Å². The molecule has 33 heavy (non-hydrogen) atoms. The van der Waals surface area contributed by atoms with Crippen molar-refractivity contribution in [3.8, 4) is 28.4 Å². The van der Waals surface area contributed by atoms with Gasteiger partial charge in [-0.2, -0.15) is 5.10 Å². The Morgan fingerprint density at radius 2 is 1.82 bits per heavy atom. The van der Waals surface area contributed by atoms with Crippen molar-refractivity contribution in [3.63, 3.8) is 0 Å². The van der Waals surface area contributed by atoms with Crippen LogP contribution in [-0.4, -0.2) is 32.4 Å². The van der Waals surface area contributed by atoms with Crippen molar-refractivity contribution < 1.29 is 15.0 Å². The van der Waals surface area contributed by atoms with Crippen molar-refractivity contribution in [2.45, 2.75) is 12.8 Å². The van der Waals surface area contributed by atoms with Crippen LogP contribution in [0.4, 0.5) is 5.69 Å². The SMILES string of the molecule is NCC(=O)Nc1cccc(CCc2cc(-c3ccnn3-c3ccccc3Cl)c(O)cc2O)c1. The Morgan fingerprint density at radius 3 is 2.61 bits per heavy atom. The van der Waals surface area contributed by atoms with Gasteiger partial charge in [0.2, 0.25) is 5.91 Å². The molecular weight excluding hydrogens is 440 g/mol. The molecule has 0 aliphatic heterocycles. The van der Waals surface area contributed by atoms with Gasteiger partial charge in [-0.05, 0) is 60.4 Å². The smallest absolute Gasteiger partial charge is 0.238 e. The number of hydrogen-bond donors (Lipinski definition) is 4. The van der Waals surface area contributed by atoms with Crippen molar-refractivity contribution in [2.24, 2.45) is 5.73 Å². The van der Waals surface area contributed by atoms with Gasteiger partial charge in [-0.15, -0.1) is 0 Å². The highest BCUT2D eigenvalue weighted by molar-refractivity contribution is 6.32. The first-order valence-corrected chi connectivity index (χ1v) is 10.8. The summed E-state index contributed by atoms with van der Waals surface area (Å²) in [6.07, 6.45) is 2.77. The maximum atomic E-state index is 11.5. The van der Waals surface area contributed by atoms with Gasteiger partial charge in [-0.3, -0.25) is 4.79 Å². The number of anilines is 1. The summed E-state index contributed by atoms with van der Waals surface area (Å²) in [5.74, 6) is -0.313. The van der Waals surface area contributed by atoms with Crippen molar-refractivity contribution in [2.75, 3.05) is 11.9 Å². The molecule has 0 fully saturated rings. The lowest BCUT2D eigenvalue weighted by Crippen LogP contribution is -2.21. The predicted octanol–water partition coefficient (Wildman–Crippen LogP) is 4.29. The van der Waals surface area contributed by atoms with E-state index in [1.165, 1.54) is 6.07 Å². The zero-order valence-electron chi connectivity index (χ0n) is 17.7. The van der Waals surface area contributed by atoms with E-state index in [9.17, 15) is 15.0 Å². The minimum absolute atomic E-state index is 0.00708. The maximum Gasteiger partial charge on any atom is 0.238 e. The molecule has 0 bridgehead atoms. The van der Waals surface area contributed by atoms with Crippen LogP contribution in [0.1, 0.15) is 11.1 Å². The molecule has 1 aromatic heterocycles. The highest BCUT2D eigenvalue weighted by Gasteiger charge is 2.16. The Balaban J connectivity index is 1.61. The Hall–Kier alpha value is -3.81. The summed E-state index contributed by atoms with van der Waals surface area (Å²) in [6.45, 7) is -0.0842. The molecular formula is C25H23ClN4O3. The highest BCUT2D eigenvalue weighted by Crippen LogP contribution is 2.37. The normalized spacial score (nSPS) is 10.8. The van der Waals surface area contributed by atoms with E-state index in [0.717, 1.165) is 5.56 Å². The zero-order valence-corrected chi connectivity index (χ0v) is 18.5. The molecule has 4 aromatic rings. The Bertz CT molecular complexity index is 1300. The average molecular weight is 463 g/mol. The molecule has 0 spiro atoms. The van der Waals surface area contributed by atoms with E-state index in [-0.39, 0.29) is 24.0 Å². The van der Waals surface area contributed by atoms with Gasteiger partial charge in [0.15, 0.2) is 0 Å². The number of carbonyl (C=O) groups is 1. The number of carbonyl (C=O) groups excluding carboxylic acids is 1. The second-order valence-electron chi connectivity index (χ2n) is 7.53. The van der Waals surface area contributed by atoms with Gasteiger partial charge in [0.1, 0.15) is 11.5 Å². The molecule has 1 heterocycles. The molecule has 0 aliphatic rings. The topological polar surface area (TPSA) is 113 Å². The number of phenols is 2. The van der Waals surface area contributed by atoms with E-state index in [1.807, 2.05) is 36.4 Å². The third-order valence-electron chi connectivity index (χ3n) is 5.28. The van der Waals surface area contributed by atoms with Gasteiger partial charge in [0.25, 0.3) is 0 Å². The lowest BCUT2D eigenvalue weighted by molar-refractivity contribution is -0.114. The molecule has 0 saturated carbocycles. The van der Waals surface area contributed by atoms with Gasteiger partial charge in [0.05, 0.1) is 29.1 Å². The van der Waals surface area contributed by atoms with Crippen LogP contribution in [-0.2, 0) is 17.6 Å². The van der Waals surface area contributed by atoms with E-state index in [0.29, 0.717) is 46.1 Å². The number of rotatable bonds is 7. The first-order chi connectivity index (χ1) is 16.0. The number of aryl methyl sites for hydroxylation is 2. The number of phenolic OH excluding ortho intramolecular Hbond substituents is 2. The number of aromatic nitrogens is 2.